The van der Waals surface area contributed by atoms with Crippen LogP contribution in [0.15, 0.2) is 54.7 Å². The number of amides is 1. The molecule has 1 aromatic heterocycles. The Morgan fingerprint density at radius 3 is 2.54 bits per heavy atom. The van der Waals surface area contributed by atoms with Gasteiger partial charge in [0.2, 0.25) is 0 Å². The van der Waals surface area contributed by atoms with E-state index >= 15 is 0 Å². The molecule has 1 heterocycles. The van der Waals surface area contributed by atoms with Gasteiger partial charge < -0.3 is 5.32 Å². The van der Waals surface area contributed by atoms with E-state index in [0.29, 0.717) is 11.3 Å². The summed E-state index contributed by atoms with van der Waals surface area (Å²) in [4.78, 5) is 23.7. The number of hydrogen-bond donors (Lipinski definition) is 1. The molecule has 3 rings (SSSR count). The van der Waals surface area contributed by atoms with Crippen molar-refractivity contribution in [1.29, 1.82) is 0 Å². The molecule has 0 fully saturated rings. The van der Waals surface area contributed by atoms with Gasteiger partial charge in [0.25, 0.3) is 5.91 Å². The van der Waals surface area contributed by atoms with E-state index < -0.39 is 0 Å². The lowest BCUT2D eigenvalue weighted by Gasteiger charge is -2.04. The second-order valence-electron chi connectivity index (χ2n) is 5.48. The number of carbonyl (C=O) groups is 2. The molecule has 0 aliphatic carbocycles. The van der Waals surface area contributed by atoms with Gasteiger partial charge in [-0.1, -0.05) is 35.0 Å². The molecule has 6 nitrogen and oxygen atoms in total. The fraction of sp³-hybridized carbons (Fsp3) is 0.111. The Labute approximate surface area is 139 Å². The largest absolute Gasteiger partial charge is 0.321 e. The standard InChI is InChI=1S/C18H16N4O2/c1-12-6-8-16(9-7-12)22-11-17(20-21-22)18(24)19-15-5-3-4-14(10-15)13(2)23/h3-11H,1-2H3,(H,19,24). The molecule has 0 spiro atoms. The number of anilines is 1. The molecule has 0 saturated heterocycles. The van der Waals surface area contributed by atoms with E-state index in [1.165, 1.54) is 6.92 Å². The van der Waals surface area contributed by atoms with Gasteiger partial charge in [-0.25, -0.2) is 4.68 Å². The Kier molecular flexibility index (Phi) is 4.20. The highest BCUT2D eigenvalue weighted by Gasteiger charge is 2.12. The lowest BCUT2D eigenvalue weighted by molar-refractivity contribution is 0.100. The number of nitrogens with zero attached hydrogens (tertiary/aromatic N) is 3. The fourth-order valence-corrected chi connectivity index (χ4v) is 2.20. The summed E-state index contributed by atoms with van der Waals surface area (Å²) in [6, 6.07) is 14.5. The van der Waals surface area contributed by atoms with Crippen LogP contribution in [0.1, 0.15) is 33.3 Å². The molecule has 3 aromatic rings. The summed E-state index contributed by atoms with van der Waals surface area (Å²) in [5.74, 6) is -0.439. The molecule has 0 aliphatic heterocycles. The maximum Gasteiger partial charge on any atom is 0.277 e. The highest BCUT2D eigenvalue weighted by Crippen LogP contribution is 2.13. The number of nitrogens with one attached hydrogen (secondary N) is 1. The number of ketones is 1. The summed E-state index contributed by atoms with van der Waals surface area (Å²) in [5, 5.41) is 10.6. The quantitative estimate of drug-likeness (QED) is 0.750. The van der Waals surface area contributed by atoms with E-state index in [4.69, 9.17) is 0 Å². The predicted molar refractivity (Wildman–Crippen MR) is 90.5 cm³/mol. The van der Waals surface area contributed by atoms with Crippen LogP contribution in [0.2, 0.25) is 0 Å². The number of benzene rings is 2. The Morgan fingerprint density at radius 2 is 1.83 bits per heavy atom. The van der Waals surface area contributed by atoms with Gasteiger partial charge in [0.15, 0.2) is 11.5 Å². The minimum atomic E-state index is -0.380. The van der Waals surface area contributed by atoms with Crippen LogP contribution in [0.25, 0.3) is 5.69 Å². The van der Waals surface area contributed by atoms with E-state index in [1.54, 1.807) is 35.1 Å². The normalized spacial score (nSPS) is 10.4. The van der Waals surface area contributed by atoms with Gasteiger partial charge in [-0.3, -0.25) is 9.59 Å². The first-order chi connectivity index (χ1) is 11.5. The van der Waals surface area contributed by atoms with Gasteiger partial charge >= 0.3 is 0 Å². The van der Waals surface area contributed by atoms with E-state index in [1.807, 2.05) is 31.2 Å². The zero-order valence-electron chi connectivity index (χ0n) is 13.4. The molecule has 0 bridgehead atoms. The van der Waals surface area contributed by atoms with Crippen LogP contribution in [-0.2, 0) is 0 Å². The van der Waals surface area contributed by atoms with Crippen LogP contribution >= 0.6 is 0 Å². The molecular weight excluding hydrogens is 304 g/mol. The third-order valence-corrected chi connectivity index (χ3v) is 3.55. The minimum Gasteiger partial charge on any atom is -0.321 e. The molecule has 120 valence electrons. The highest BCUT2D eigenvalue weighted by molar-refractivity contribution is 6.03. The van der Waals surface area contributed by atoms with Gasteiger partial charge in [-0.15, -0.1) is 5.10 Å². The zero-order chi connectivity index (χ0) is 17.1. The van der Waals surface area contributed by atoms with Crippen molar-refractivity contribution in [2.75, 3.05) is 5.32 Å². The monoisotopic (exact) mass is 320 g/mol. The molecule has 0 aliphatic rings. The molecular formula is C18H16N4O2. The van der Waals surface area contributed by atoms with Crippen LogP contribution in [0, 0.1) is 6.92 Å². The Hall–Kier alpha value is -3.28. The molecule has 2 aromatic carbocycles. The highest BCUT2D eigenvalue weighted by atomic mass is 16.2. The first kappa shape index (κ1) is 15.6. The van der Waals surface area contributed by atoms with Crippen molar-refractivity contribution in [3.8, 4) is 5.69 Å². The SMILES string of the molecule is CC(=O)c1cccc(NC(=O)c2cn(-c3ccc(C)cc3)nn2)c1. The van der Waals surface area contributed by atoms with Gasteiger partial charge in [-0.2, -0.15) is 0 Å². The molecule has 6 heteroatoms. The van der Waals surface area contributed by atoms with E-state index in [2.05, 4.69) is 15.6 Å². The second kappa shape index (κ2) is 6.45. The van der Waals surface area contributed by atoms with Crippen molar-refractivity contribution in [1.82, 2.24) is 15.0 Å². The zero-order valence-corrected chi connectivity index (χ0v) is 13.4. The first-order valence-corrected chi connectivity index (χ1v) is 7.45. The van der Waals surface area contributed by atoms with E-state index in [0.717, 1.165) is 11.3 Å². The molecule has 24 heavy (non-hydrogen) atoms. The molecule has 1 N–H and O–H groups in total. The summed E-state index contributed by atoms with van der Waals surface area (Å²) in [6.07, 6.45) is 1.56. The van der Waals surface area contributed by atoms with Crippen molar-refractivity contribution in [3.05, 3.63) is 71.5 Å². The van der Waals surface area contributed by atoms with Crippen molar-refractivity contribution < 1.29 is 9.59 Å². The topological polar surface area (TPSA) is 76.9 Å². The Bertz CT molecular complexity index is 897. The van der Waals surface area contributed by atoms with Crippen LogP contribution < -0.4 is 5.32 Å². The van der Waals surface area contributed by atoms with E-state index in [-0.39, 0.29) is 17.4 Å². The molecule has 0 atom stereocenters. The third-order valence-electron chi connectivity index (χ3n) is 3.55. The fourth-order valence-electron chi connectivity index (χ4n) is 2.20. The number of hydrogen-bond acceptors (Lipinski definition) is 4. The number of Topliss-reactive ketones (excluding diaryl/α,β-unsaturated/α-hetero) is 1. The van der Waals surface area contributed by atoms with Gasteiger partial charge in [0, 0.05) is 11.3 Å². The van der Waals surface area contributed by atoms with Gasteiger partial charge in [0.05, 0.1) is 11.9 Å². The number of carbonyl (C=O) groups excluding carboxylic acids is 2. The summed E-state index contributed by atoms with van der Waals surface area (Å²) >= 11 is 0. The van der Waals surface area contributed by atoms with Crippen molar-refractivity contribution in [2.24, 2.45) is 0 Å². The number of rotatable bonds is 4. The van der Waals surface area contributed by atoms with Crippen molar-refractivity contribution in [2.45, 2.75) is 13.8 Å². The van der Waals surface area contributed by atoms with Crippen LogP contribution in [-0.4, -0.2) is 26.7 Å². The summed E-state index contributed by atoms with van der Waals surface area (Å²) in [6.45, 7) is 3.48. The van der Waals surface area contributed by atoms with Crippen molar-refractivity contribution in [3.63, 3.8) is 0 Å². The van der Waals surface area contributed by atoms with Gasteiger partial charge in [0.1, 0.15) is 0 Å². The average molecular weight is 320 g/mol. The number of aromatic nitrogens is 3. The van der Waals surface area contributed by atoms with Crippen molar-refractivity contribution >= 4 is 17.4 Å². The van der Waals surface area contributed by atoms with Crippen LogP contribution in [0.5, 0.6) is 0 Å². The summed E-state index contributed by atoms with van der Waals surface area (Å²) < 4.78 is 1.54. The van der Waals surface area contributed by atoms with E-state index in [9.17, 15) is 9.59 Å². The first-order valence-electron chi connectivity index (χ1n) is 7.45. The molecule has 0 unspecified atom stereocenters. The lowest BCUT2D eigenvalue weighted by atomic mass is 10.1. The van der Waals surface area contributed by atoms with Crippen LogP contribution in [0.3, 0.4) is 0 Å². The minimum absolute atomic E-state index is 0.0589. The lowest BCUT2D eigenvalue weighted by Crippen LogP contribution is -2.12. The third kappa shape index (κ3) is 3.38. The smallest absolute Gasteiger partial charge is 0.277 e. The second-order valence-corrected chi connectivity index (χ2v) is 5.48. The Balaban J connectivity index is 1.77. The summed E-state index contributed by atoms with van der Waals surface area (Å²) in [5.41, 5.74) is 3.24. The molecule has 0 saturated carbocycles. The maximum absolute atomic E-state index is 12.3. The van der Waals surface area contributed by atoms with Gasteiger partial charge in [-0.05, 0) is 38.1 Å². The molecule has 1 amide bonds. The number of aryl methyl sites for hydroxylation is 1. The summed E-state index contributed by atoms with van der Waals surface area (Å²) in [7, 11) is 0. The molecule has 0 radical (unpaired) electrons. The maximum atomic E-state index is 12.3. The van der Waals surface area contributed by atoms with Crippen LogP contribution in [0.4, 0.5) is 5.69 Å². The average Bonchev–Trinajstić information content (AvgIpc) is 3.06. The predicted octanol–water partition coefficient (Wildman–Crippen LogP) is 3.03. The Morgan fingerprint density at radius 1 is 1.08 bits per heavy atom.